The lowest BCUT2D eigenvalue weighted by molar-refractivity contribution is -0.137. The standard InChI is InChI=1S/C11H16N2O5/c14-7-8-10(17)12-11(18)13(8)6-4-2-1-3-5-9(15)16/h7,17H,1-6H2,(H,12,18)(H,15,16). The number of imidazole rings is 1. The predicted octanol–water partition coefficient (Wildman–Crippen LogP) is 0.730. The molecule has 0 bridgehead atoms. The van der Waals surface area contributed by atoms with Crippen molar-refractivity contribution in [2.75, 3.05) is 0 Å². The maximum absolute atomic E-state index is 11.3. The van der Waals surface area contributed by atoms with Gasteiger partial charge in [0.05, 0.1) is 0 Å². The molecule has 0 amide bonds. The molecule has 7 heteroatoms. The van der Waals surface area contributed by atoms with Crippen LogP contribution >= 0.6 is 0 Å². The summed E-state index contributed by atoms with van der Waals surface area (Å²) in [6.07, 6.45) is 3.35. The highest BCUT2D eigenvalue weighted by atomic mass is 16.4. The number of carboxylic acids is 1. The molecule has 0 aliphatic heterocycles. The molecule has 0 unspecified atom stereocenters. The molecule has 7 nitrogen and oxygen atoms in total. The van der Waals surface area contributed by atoms with Crippen molar-refractivity contribution in [3.63, 3.8) is 0 Å². The average Bonchev–Trinajstić information content (AvgIpc) is 2.57. The molecular formula is C11H16N2O5. The number of unbranched alkanes of at least 4 members (excludes halogenated alkanes) is 3. The fraction of sp³-hybridized carbons (Fsp3) is 0.545. The fourth-order valence-electron chi connectivity index (χ4n) is 1.71. The van der Waals surface area contributed by atoms with Crippen LogP contribution in [0.15, 0.2) is 4.79 Å². The van der Waals surface area contributed by atoms with Crippen LogP contribution in [0.4, 0.5) is 0 Å². The zero-order valence-corrected chi connectivity index (χ0v) is 9.89. The van der Waals surface area contributed by atoms with Crippen molar-refractivity contribution in [2.24, 2.45) is 0 Å². The molecule has 1 rings (SSSR count). The van der Waals surface area contributed by atoms with Gasteiger partial charge in [0.2, 0.25) is 5.88 Å². The van der Waals surface area contributed by atoms with Gasteiger partial charge in [-0.25, -0.2) is 4.79 Å². The Morgan fingerprint density at radius 1 is 1.28 bits per heavy atom. The van der Waals surface area contributed by atoms with Crippen molar-refractivity contribution in [3.05, 3.63) is 16.2 Å². The van der Waals surface area contributed by atoms with Crippen LogP contribution < -0.4 is 5.69 Å². The zero-order chi connectivity index (χ0) is 13.5. The molecule has 1 heterocycles. The van der Waals surface area contributed by atoms with Gasteiger partial charge in [0.1, 0.15) is 5.69 Å². The lowest BCUT2D eigenvalue weighted by atomic mass is 10.1. The van der Waals surface area contributed by atoms with Crippen LogP contribution in [0.5, 0.6) is 5.88 Å². The predicted molar refractivity (Wildman–Crippen MR) is 62.8 cm³/mol. The molecule has 1 aromatic rings. The Balaban J connectivity index is 2.38. The number of aliphatic carboxylic acids is 1. The summed E-state index contributed by atoms with van der Waals surface area (Å²) in [6, 6.07) is 0. The molecule has 0 aromatic carbocycles. The summed E-state index contributed by atoms with van der Waals surface area (Å²) in [5, 5.41) is 17.7. The molecular weight excluding hydrogens is 240 g/mol. The first-order chi connectivity index (χ1) is 8.56. The third kappa shape index (κ3) is 3.76. The second kappa shape index (κ2) is 6.63. The van der Waals surface area contributed by atoms with Gasteiger partial charge in [0, 0.05) is 13.0 Å². The summed E-state index contributed by atoms with van der Waals surface area (Å²) < 4.78 is 1.18. The van der Waals surface area contributed by atoms with E-state index < -0.39 is 17.5 Å². The Bertz CT molecular complexity index is 474. The topological polar surface area (TPSA) is 112 Å². The summed E-state index contributed by atoms with van der Waals surface area (Å²) in [7, 11) is 0. The van der Waals surface area contributed by atoms with Crippen LogP contribution in [-0.4, -0.2) is 32.0 Å². The summed E-state index contributed by atoms with van der Waals surface area (Å²) in [4.78, 5) is 34.4. The Labute approximate surface area is 103 Å². The highest BCUT2D eigenvalue weighted by molar-refractivity contribution is 5.75. The van der Waals surface area contributed by atoms with E-state index in [1.807, 2.05) is 0 Å². The fourth-order valence-corrected chi connectivity index (χ4v) is 1.71. The molecule has 0 spiro atoms. The van der Waals surface area contributed by atoms with E-state index >= 15 is 0 Å². The van der Waals surface area contributed by atoms with Gasteiger partial charge in [0.15, 0.2) is 6.29 Å². The van der Waals surface area contributed by atoms with Gasteiger partial charge in [-0.1, -0.05) is 12.8 Å². The van der Waals surface area contributed by atoms with Gasteiger partial charge >= 0.3 is 11.7 Å². The summed E-state index contributed by atoms with van der Waals surface area (Å²) in [5.74, 6) is -1.23. The number of nitrogens with one attached hydrogen (secondary N) is 1. The summed E-state index contributed by atoms with van der Waals surface area (Å²) in [6.45, 7) is 0.330. The first kappa shape index (κ1) is 14.0. The largest absolute Gasteiger partial charge is 0.493 e. The quantitative estimate of drug-likeness (QED) is 0.469. The Kier molecular flexibility index (Phi) is 5.16. The summed E-state index contributed by atoms with van der Waals surface area (Å²) >= 11 is 0. The van der Waals surface area contributed by atoms with Crippen LogP contribution in [0.25, 0.3) is 0 Å². The Hall–Kier alpha value is -2.05. The maximum atomic E-state index is 11.3. The van der Waals surface area contributed by atoms with Gasteiger partial charge in [-0.05, 0) is 12.8 Å². The van der Waals surface area contributed by atoms with Gasteiger partial charge < -0.3 is 10.2 Å². The number of aromatic nitrogens is 2. The van der Waals surface area contributed by atoms with Gasteiger partial charge in [-0.3, -0.25) is 19.1 Å². The van der Waals surface area contributed by atoms with Gasteiger partial charge in [-0.15, -0.1) is 0 Å². The third-order valence-corrected chi connectivity index (χ3v) is 2.64. The molecule has 0 fully saturated rings. The van der Waals surface area contributed by atoms with Crippen LogP contribution in [0.2, 0.25) is 0 Å². The van der Waals surface area contributed by atoms with Crippen molar-refractivity contribution in [1.82, 2.24) is 9.55 Å². The SMILES string of the molecule is O=Cc1c(O)[nH]c(=O)n1CCCCCCC(=O)O. The number of carbonyl (C=O) groups is 2. The number of carbonyl (C=O) groups excluding carboxylic acids is 1. The second-order valence-corrected chi connectivity index (χ2v) is 3.99. The maximum Gasteiger partial charge on any atom is 0.328 e. The molecule has 0 saturated carbocycles. The van der Waals surface area contributed by atoms with E-state index in [1.165, 1.54) is 4.57 Å². The highest BCUT2D eigenvalue weighted by Crippen LogP contribution is 2.10. The van der Waals surface area contributed by atoms with Crippen molar-refractivity contribution in [1.29, 1.82) is 0 Å². The first-order valence-corrected chi connectivity index (χ1v) is 5.75. The minimum atomic E-state index is -0.815. The average molecular weight is 256 g/mol. The van der Waals surface area contributed by atoms with E-state index in [4.69, 9.17) is 5.11 Å². The highest BCUT2D eigenvalue weighted by Gasteiger charge is 2.11. The van der Waals surface area contributed by atoms with Crippen LogP contribution in [0.3, 0.4) is 0 Å². The number of aldehydes is 1. The van der Waals surface area contributed by atoms with Crippen LogP contribution in [-0.2, 0) is 11.3 Å². The lowest BCUT2D eigenvalue weighted by Crippen LogP contribution is -2.18. The van der Waals surface area contributed by atoms with Crippen molar-refractivity contribution in [2.45, 2.75) is 38.6 Å². The van der Waals surface area contributed by atoms with Crippen LogP contribution in [0.1, 0.15) is 42.6 Å². The van der Waals surface area contributed by atoms with Crippen molar-refractivity contribution in [3.8, 4) is 5.88 Å². The number of hydrogen-bond acceptors (Lipinski definition) is 4. The lowest BCUT2D eigenvalue weighted by Gasteiger charge is -2.03. The molecule has 0 aliphatic rings. The molecule has 0 atom stereocenters. The molecule has 3 N–H and O–H groups in total. The molecule has 0 saturated heterocycles. The number of rotatable bonds is 8. The van der Waals surface area contributed by atoms with E-state index in [1.54, 1.807) is 0 Å². The number of hydrogen-bond donors (Lipinski definition) is 3. The molecule has 0 radical (unpaired) electrons. The van der Waals surface area contributed by atoms with Crippen molar-refractivity contribution >= 4 is 12.3 Å². The normalized spacial score (nSPS) is 10.4. The second-order valence-electron chi connectivity index (χ2n) is 3.99. The zero-order valence-electron chi connectivity index (χ0n) is 9.89. The van der Waals surface area contributed by atoms with Crippen LogP contribution in [0, 0.1) is 0 Å². The smallest absolute Gasteiger partial charge is 0.328 e. The van der Waals surface area contributed by atoms with Crippen molar-refractivity contribution < 1.29 is 19.8 Å². The third-order valence-electron chi connectivity index (χ3n) is 2.64. The van der Waals surface area contributed by atoms with E-state index in [0.717, 1.165) is 12.8 Å². The molecule has 18 heavy (non-hydrogen) atoms. The first-order valence-electron chi connectivity index (χ1n) is 5.75. The van der Waals surface area contributed by atoms with E-state index in [0.29, 0.717) is 25.7 Å². The summed E-state index contributed by atoms with van der Waals surface area (Å²) in [5.41, 5.74) is -0.564. The number of aromatic amines is 1. The Morgan fingerprint density at radius 3 is 2.56 bits per heavy atom. The van der Waals surface area contributed by atoms with E-state index in [2.05, 4.69) is 4.98 Å². The number of H-pyrrole nitrogens is 1. The molecule has 100 valence electrons. The van der Waals surface area contributed by atoms with E-state index in [-0.39, 0.29) is 12.1 Å². The number of aromatic hydroxyl groups is 1. The number of nitrogens with zero attached hydrogens (tertiary/aromatic N) is 1. The van der Waals surface area contributed by atoms with Gasteiger partial charge in [-0.2, -0.15) is 0 Å². The van der Waals surface area contributed by atoms with E-state index in [9.17, 15) is 19.5 Å². The minimum absolute atomic E-state index is 0.0504. The number of carboxylic acid groups (broad SMARTS) is 1. The minimum Gasteiger partial charge on any atom is -0.493 e. The Morgan fingerprint density at radius 2 is 1.94 bits per heavy atom. The van der Waals surface area contributed by atoms with Gasteiger partial charge in [0.25, 0.3) is 0 Å². The molecule has 0 aliphatic carbocycles. The molecule has 1 aromatic heterocycles. The monoisotopic (exact) mass is 256 g/mol.